The zero-order chi connectivity index (χ0) is 12.3. The fourth-order valence-corrected chi connectivity index (χ4v) is 1.55. The van der Waals surface area contributed by atoms with Crippen LogP contribution in [0.3, 0.4) is 0 Å². The van der Waals surface area contributed by atoms with Gasteiger partial charge >= 0.3 is 0 Å². The van der Waals surface area contributed by atoms with E-state index in [9.17, 15) is 0 Å². The summed E-state index contributed by atoms with van der Waals surface area (Å²) in [6, 6.07) is 8.10. The first-order valence-electron chi connectivity index (χ1n) is 5.66. The average Bonchev–Trinajstić information content (AvgIpc) is 2.73. The summed E-state index contributed by atoms with van der Waals surface area (Å²) in [6.45, 7) is 4.69. The maximum Gasteiger partial charge on any atom is 0.180 e. The van der Waals surface area contributed by atoms with Gasteiger partial charge in [0, 0.05) is 0 Å². The van der Waals surface area contributed by atoms with Crippen LogP contribution in [0, 0.1) is 0 Å². The minimum atomic E-state index is 0.374. The van der Waals surface area contributed by atoms with Crippen molar-refractivity contribution in [3.63, 3.8) is 0 Å². The van der Waals surface area contributed by atoms with Gasteiger partial charge < -0.3 is 10.5 Å². The second-order valence-corrected chi connectivity index (χ2v) is 4.31. The maximum atomic E-state index is 5.64. The molecule has 4 nitrogen and oxygen atoms in total. The monoisotopic (exact) mass is 231 g/mol. The Morgan fingerprint density at radius 1 is 1.41 bits per heavy atom. The van der Waals surface area contributed by atoms with Crippen LogP contribution >= 0.6 is 0 Å². The molecule has 0 aliphatic heterocycles. The van der Waals surface area contributed by atoms with E-state index in [0.717, 1.165) is 5.75 Å². The quantitative estimate of drug-likeness (QED) is 0.880. The topological polar surface area (TPSA) is 53.1 Å². The average molecular weight is 231 g/mol. The van der Waals surface area contributed by atoms with Crippen molar-refractivity contribution < 1.29 is 4.74 Å². The Morgan fingerprint density at radius 2 is 2.24 bits per heavy atom. The number of benzene rings is 1. The molecule has 0 saturated heterocycles. The molecule has 0 radical (unpaired) electrons. The van der Waals surface area contributed by atoms with Gasteiger partial charge in [-0.15, -0.1) is 0 Å². The van der Waals surface area contributed by atoms with Gasteiger partial charge in [-0.1, -0.05) is 26.0 Å². The molecule has 0 saturated carbocycles. The third-order valence-corrected chi connectivity index (χ3v) is 2.54. The molecule has 0 unspecified atom stereocenters. The summed E-state index contributed by atoms with van der Waals surface area (Å²) >= 11 is 0. The van der Waals surface area contributed by atoms with Crippen molar-refractivity contribution in [2.45, 2.75) is 26.5 Å². The number of nitrogens with two attached hydrogens (primary N) is 1. The Bertz CT molecular complexity index is 491. The van der Waals surface area contributed by atoms with Crippen molar-refractivity contribution in [2.24, 2.45) is 0 Å². The molecule has 1 heterocycles. The van der Waals surface area contributed by atoms with Gasteiger partial charge in [0.05, 0.1) is 18.1 Å². The van der Waals surface area contributed by atoms with Crippen LogP contribution < -0.4 is 10.5 Å². The molecule has 17 heavy (non-hydrogen) atoms. The van der Waals surface area contributed by atoms with Crippen LogP contribution in [0.1, 0.15) is 25.3 Å². The Labute approximate surface area is 101 Å². The van der Waals surface area contributed by atoms with E-state index in [0.29, 0.717) is 18.3 Å². The highest BCUT2D eigenvalue weighted by Crippen LogP contribution is 2.20. The normalized spacial score (nSPS) is 10.8. The van der Waals surface area contributed by atoms with Crippen LogP contribution in [0.25, 0.3) is 0 Å². The number of hydrogen-bond donors (Lipinski definition) is 1. The number of ether oxygens (including phenoxy) is 1. The predicted octanol–water partition coefficient (Wildman–Crippen LogP) is 2.63. The van der Waals surface area contributed by atoms with Gasteiger partial charge in [0.15, 0.2) is 6.73 Å². The first-order chi connectivity index (χ1) is 8.15. The lowest BCUT2D eigenvalue weighted by Crippen LogP contribution is -2.05. The van der Waals surface area contributed by atoms with Crippen LogP contribution in [0.2, 0.25) is 0 Å². The molecule has 1 aromatic heterocycles. The highest BCUT2D eigenvalue weighted by molar-refractivity contribution is 5.31. The molecule has 1 aromatic carbocycles. The molecule has 4 heteroatoms. The third-order valence-electron chi connectivity index (χ3n) is 2.54. The van der Waals surface area contributed by atoms with Crippen LogP contribution in [-0.2, 0) is 6.73 Å². The Hall–Kier alpha value is -1.97. The molecule has 0 amide bonds. The maximum absolute atomic E-state index is 5.64. The van der Waals surface area contributed by atoms with Crippen molar-refractivity contribution in [3.8, 4) is 5.75 Å². The summed E-state index contributed by atoms with van der Waals surface area (Å²) in [7, 11) is 0. The summed E-state index contributed by atoms with van der Waals surface area (Å²) in [6.07, 6.45) is 3.35. The molecule has 0 atom stereocenters. The first kappa shape index (κ1) is 11.5. The summed E-state index contributed by atoms with van der Waals surface area (Å²) < 4.78 is 7.31. The Morgan fingerprint density at radius 3 is 2.88 bits per heavy atom. The second-order valence-electron chi connectivity index (χ2n) is 4.31. The number of nitrogens with zero attached hydrogens (tertiary/aromatic N) is 2. The van der Waals surface area contributed by atoms with Gasteiger partial charge in [0.2, 0.25) is 0 Å². The minimum absolute atomic E-state index is 0.374. The number of hydrogen-bond acceptors (Lipinski definition) is 3. The molecular formula is C13H17N3O. The molecule has 0 aliphatic rings. The highest BCUT2D eigenvalue weighted by atomic mass is 16.5. The van der Waals surface area contributed by atoms with Crippen LogP contribution in [-0.4, -0.2) is 9.78 Å². The summed E-state index contributed by atoms with van der Waals surface area (Å²) in [4.78, 5) is 0. The van der Waals surface area contributed by atoms with E-state index >= 15 is 0 Å². The fourth-order valence-electron chi connectivity index (χ4n) is 1.55. The Kier molecular flexibility index (Phi) is 3.32. The first-order valence-corrected chi connectivity index (χ1v) is 5.66. The fraction of sp³-hybridized carbons (Fsp3) is 0.308. The van der Waals surface area contributed by atoms with E-state index < -0.39 is 0 Å². The summed E-state index contributed by atoms with van der Waals surface area (Å²) in [5.74, 6) is 1.35. The zero-order valence-electron chi connectivity index (χ0n) is 10.1. The van der Waals surface area contributed by atoms with Crippen LogP contribution in [0.15, 0.2) is 36.7 Å². The molecule has 2 rings (SSSR count). The van der Waals surface area contributed by atoms with E-state index in [1.807, 2.05) is 12.1 Å². The molecule has 0 bridgehead atoms. The summed E-state index contributed by atoms with van der Waals surface area (Å²) in [5, 5.41) is 4.06. The largest absolute Gasteiger partial charge is 0.471 e. The van der Waals surface area contributed by atoms with Crippen LogP contribution in [0.5, 0.6) is 5.75 Å². The number of anilines is 1. The van der Waals surface area contributed by atoms with Gasteiger partial charge in [-0.25, -0.2) is 4.68 Å². The minimum Gasteiger partial charge on any atom is -0.471 e. The number of aromatic nitrogens is 2. The molecule has 2 aromatic rings. The molecule has 2 N–H and O–H groups in total. The van der Waals surface area contributed by atoms with Crippen molar-refractivity contribution >= 4 is 5.69 Å². The lowest BCUT2D eigenvalue weighted by Gasteiger charge is -2.09. The SMILES string of the molecule is CC(C)c1cccc(OCn2cc(N)cn2)c1. The lowest BCUT2D eigenvalue weighted by molar-refractivity contribution is 0.221. The van der Waals surface area contributed by atoms with Crippen LogP contribution in [0.4, 0.5) is 5.69 Å². The molecule has 0 spiro atoms. The predicted molar refractivity (Wildman–Crippen MR) is 67.8 cm³/mol. The van der Waals surface area contributed by atoms with Gasteiger partial charge in [0.25, 0.3) is 0 Å². The number of nitrogen functional groups attached to an aromatic ring is 1. The molecule has 90 valence electrons. The molecule has 0 aliphatic carbocycles. The van der Waals surface area contributed by atoms with Gasteiger partial charge in [-0.2, -0.15) is 5.10 Å². The lowest BCUT2D eigenvalue weighted by atomic mass is 10.0. The van der Waals surface area contributed by atoms with E-state index in [2.05, 4.69) is 31.1 Å². The van der Waals surface area contributed by atoms with E-state index in [4.69, 9.17) is 10.5 Å². The Balaban J connectivity index is 2.01. The van der Waals surface area contributed by atoms with Gasteiger partial charge in [-0.3, -0.25) is 0 Å². The van der Waals surface area contributed by atoms with Gasteiger partial charge in [0.1, 0.15) is 5.75 Å². The van der Waals surface area contributed by atoms with E-state index in [1.165, 1.54) is 5.56 Å². The summed E-state index contributed by atoms with van der Waals surface area (Å²) in [5.41, 5.74) is 7.48. The smallest absolute Gasteiger partial charge is 0.180 e. The van der Waals surface area contributed by atoms with Gasteiger partial charge in [-0.05, 0) is 23.6 Å². The van der Waals surface area contributed by atoms with Crippen molar-refractivity contribution in [2.75, 3.05) is 5.73 Å². The number of rotatable bonds is 4. The highest BCUT2D eigenvalue weighted by Gasteiger charge is 2.01. The zero-order valence-corrected chi connectivity index (χ0v) is 10.1. The van der Waals surface area contributed by atoms with Crippen molar-refractivity contribution in [1.82, 2.24) is 9.78 Å². The van der Waals surface area contributed by atoms with Crippen molar-refractivity contribution in [3.05, 3.63) is 42.2 Å². The van der Waals surface area contributed by atoms with E-state index in [1.54, 1.807) is 17.1 Å². The van der Waals surface area contributed by atoms with E-state index in [-0.39, 0.29) is 0 Å². The molecule has 0 fully saturated rings. The third kappa shape index (κ3) is 3.00. The molecular weight excluding hydrogens is 214 g/mol. The standard InChI is InChI=1S/C13H17N3O/c1-10(2)11-4-3-5-13(6-11)17-9-16-8-12(14)7-15-16/h3-8,10H,9,14H2,1-2H3. The second kappa shape index (κ2) is 4.91. The van der Waals surface area contributed by atoms with Crippen molar-refractivity contribution in [1.29, 1.82) is 0 Å².